The zero-order valence-corrected chi connectivity index (χ0v) is 11.4. The van der Waals surface area contributed by atoms with E-state index in [1.165, 1.54) is 0 Å². The molecule has 18 heavy (non-hydrogen) atoms. The third kappa shape index (κ3) is 4.57. The van der Waals surface area contributed by atoms with E-state index in [0.717, 1.165) is 17.0 Å². The predicted molar refractivity (Wildman–Crippen MR) is 75.8 cm³/mol. The fraction of sp³-hybridized carbons (Fsp3) is 0.429. The fourth-order valence-electron chi connectivity index (χ4n) is 1.51. The molecular weight excluding hydrogens is 226 g/mol. The fourth-order valence-corrected chi connectivity index (χ4v) is 1.51. The van der Waals surface area contributed by atoms with E-state index in [1.807, 2.05) is 52.1 Å². The third-order valence-corrected chi connectivity index (χ3v) is 2.53. The number of benzene rings is 1. The Morgan fingerprint density at radius 1 is 1.28 bits per heavy atom. The lowest BCUT2D eigenvalue weighted by Gasteiger charge is -2.05. The molecule has 0 aliphatic rings. The topological polar surface area (TPSA) is 53.5 Å². The first-order chi connectivity index (χ1) is 8.52. The SMILES string of the molecule is CNc1ccc(/C(C)=N\NC(=O)CC(C)C)cc1. The Morgan fingerprint density at radius 2 is 1.89 bits per heavy atom. The summed E-state index contributed by atoms with van der Waals surface area (Å²) in [6, 6.07) is 7.90. The van der Waals surface area contributed by atoms with Crippen molar-refractivity contribution >= 4 is 17.3 Å². The molecule has 0 spiro atoms. The van der Waals surface area contributed by atoms with Crippen molar-refractivity contribution in [2.75, 3.05) is 12.4 Å². The Hall–Kier alpha value is -1.84. The summed E-state index contributed by atoms with van der Waals surface area (Å²) in [6.07, 6.45) is 0.496. The average molecular weight is 247 g/mol. The lowest BCUT2D eigenvalue weighted by molar-refractivity contribution is -0.121. The Bertz CT molecular complexity index is 421. The summed E-state index contributed by atoms with van der Waals surface area (Å²) in [7, 11) is 1.88. The Balaban J connectivity index is 2.62. The van der Waals surface area contributed by atoms with Crippen LogP contribution in [0, 0.1) is 5.92 Å². The van der Waals surface area contributed by atoms with Gasteiger partial charge in [0.2, 0.25) is 5.91 Å². The van der Waals surface area contributed by atoms with Gasteiger partial charge in [-0.15, -0.1) is 0 Å². The highest BCUT2D eigenvalue weighted by Crippen LogP contribution is 2.09. The maximum Gasteiger partial charge on any atom is 0.240 e. The summed E-state index contributed by atoms with van der Waals surface area (Å²) >= 11 is 0. The van der Waals surface area contributed by atoms with Crippen LogP contribution in [0.1, 0.15) is 32.8 Å². The van der Waals surface area contributed by atoms with Crippen molar-refractivity contribution in [1.29, 1.82) is 0 Å². The number of hydrogen-bond donors (Lipinski definition) is 2. The summed E-state index contributed by atoms with van der Waals surface area (Å²) in [4.78, 5) is 11.5. The number of anilines is 1. The van der Waals surface area contributed by atoms with Gasteiger partial charge in [-0.1, -0.05) is 26.0 Å². The van der Waals surface area contributed by atoms with Crippen molar-refractivity contribution in [3.63, 3.8) is 0 Å². The van der Waals surface area contributed by atoms with E-state index in [1.54, 1.807) is 0 Å². The van der Waals surface area contributed by atoms with Crippen LogP contribution in [0.25, 0.3) is 0 Å². The zero-order valence-electron chi connectivity index (χ0n) is 11.4. The van der Waals surface area contributed by atoms with E-state index < -0.39 is 0 Å². The van der Waals surface area contributed by atoms with Crippen molar-refractivity contribution in [2.45, 2.75) is 27.2 Å². The Labute approximate surface area is 108 Å². The second kappa shape index (κ2) is 6.79. The molecule has 0 unspecified atom stereocenters. The lowest BCUT2D eigenvalue weighted by Crippen LogP contribution is -2.20. The normalized spacial score (nSPS) is 11.5. The van der Waals surface area contributed by atoms with E-state index in [4.69, 9.17) is 0 Å². The van der Waals surface area contributed by atoms with Crippen LogP contribution in [-0.4, -0.2) is 18.7 Å². The first-order valence-corrected chi connectivity index (χ1v) is 6.14. The van der Waals surface area contributed by atoms with Gasteiger partial charge in [-0.2, -0.15) is 5.10 Å². The summed E-state index contributed by atoms with van der Waals surface area (Å²) in [5.74, 6) is 0.298. The minimum atomic E-state index is -0.0452. The number of nitrogens with one attached hydrogen (secondary N) is 2. The van der Waals surface area contributed by atoms with Crippen LogP contribution in [0.3, 0.4) is 0 Å². The molecule has 0 aliphatic carbocycles. The molecule has 0 saturated heterocycles. The van der Waals surface area contributed by atoms with Gasteiger partial charge >= 0.3 is 0 Å². The highest BCUT2D eigenvalue weighted by molar-refractivity contribution is 5.99. The van der Waals surface area contributed by atoms with E-state index in [-0.39, 0.29) is 5.91 Å². The summed E-state index contributed by atoms with van der Waals surface area (Å²) < 4.78 is 0. The monoisotopic (exact) mass is 247 g/mol. The van der Waals surface area contributed by atoms with Crippen LogP contribution in [0.15, 0.2) is 29.4 Å². The zero-order chi connectivity index (χ0) is 13.5. The van der Waals surface area contributed by atoms with Gasteiger partial charge < -0.3 is 5.32 Å². The molecule has 4 nitrogen and oxygen atoms in total. The molecule has 1 amide bonds. The number of rotatable bonds is 5. The second-order valence-corrected chi connectivity index (χ2v) is 4.66. The molecule has 98 valence electrons. The molecule has 4 heteroatoms. The molecule has 0 fully saturated rings. The molecule has 0 atom stereocenters. The molecule has 0 heterocycles. The number of amides is 1. The first-order valence-electron chi connectivity index (χ1n) is 6.14. The molecule has 0 radical (unpaired) electrons. The van der Waals surface area contributed by atoms with Crippen LogP contribution in [0.4, 0.5) is 5.69 Å². The number of carbonyl (C=O) groups is 1. The molecule has 0 aromatic heterocycles. The van der Waals surface area contributed by atoms with E-state index in [2.05, 4.69) is 15.8 Å². The summed E-state index contributed by atoms with van der Waals surface area (Å²) in [5, 5.41) is 7.15. The molecule has 1 aromatic carbocycles. The van der Waals surface area contributed by atoms with Gasteiger partial charge in [-0.05, 0) is 30.5 Å². The number of carbonyl (C=O) groups excluding carboxylic acids is 1. The number of hydrogen-bond acceptors (Lipinski definition) is 3. The molecule has 2 N–H and O–H groups in total. The molecular formula is C14H21N3O. The van der Waals surface area contributed by atoms with Gasteiger partial charge in [0.15, 0.2) is 0 Å². The average Bonchev–Trinajstić information content (AvgIpc) is 2.35. The molecule has 0 aliphatic heterocycles. The molecule has 0 bridgehead atoms. The summed E-state index contributed by atoms with van der Waals surface area (Å²) in [6.45, 7) is 5.89. The van der Waals surface area contributed by atoms with E-state index >= 15 is 0 Å². The largest absolute Gasteiger partial charge is 0.388 e. The first kappa shape index (κ1) is 14.2. The van der Waals surface area contributed by atoms with Gasteiger partial charge in [0, 0.05) is 19.2 Å². The second-order valence-electron chi connectivity index (χ2n) is 4.66. The van der Waals surface area contributed by atoms with Gasteiger partial charge in [0.25, 0.3) is 0 Å². The Morgan fingerprint density at radius 3 is 2.39 bits per heavy atom. The maximum atomic E-state index is 11.5. The predicted octanol–water partition coefficient (Wildman–Crippen LogP) is 2.61. The molecule has 1 rings (SSSR count). The van der Waals surface area contributed by atoms with Gasteiger partial charge in [-0.3, -0.25) is 4.79 Å². The van der Waals surface area contributed by atoms with Gasteiger partial charge in [-0.25, -0.2) is 5.43 Å². The van der Waals surface area contributed by atoms with Crippen LogP contribution in [-0.2, 0) is 4.79 Å². The van der Waals surface area contributed by atoms with Crippen LogP contribution >= 0.6 is 0 Å². The Kier molecular flexibility index (Phi) is 5.36. The quantitative estimate of drug-likeness (QED) is 0.620. The molecule has 0 saturated carbocycles. The highest BCUT2D eigenvalue weighted by Gasteiger charge is 2.04. The van der Waals surface area contributed by atoms with Crippen molar-refractivity contribution in [1.82, 2.24) is 5.43 Å². The number of nitrogens with zero attached hydrogens (tertiary/aromatic N) is 1. The molecule has 1 aromatic rings. The standard InChI is InChI=1S/C14H21N3O/c1-10(2)9-14(18)17-16-11(3)12-5-7-13(15-4)8-6-12/h5-8,10,15H,9H2,1-4H3,(H,17,18)/b16-11-. The van der Waals surface area contributed by atoms with Crippen molar-refractivity contribution in [3.05, 3.63) is 29.8 Å². The van der Waals surface area contributed by atoms with Crippen molar-refractivity contribution in [2.24, 2.45) is 11.0 Å². The number of hydrazone groups is 1. The van der Waals surface area contributed by atoms with Gasteiger partial charge in [0.05, 0.1) is 5.71 Å². The van der Waals surface area contributed by atoms with Crippen LogP contribution < -0.4 is 10.7 Å². The maximum absolute atomic E-state index is 11.5. The minimum absolute atomic E-state index is 0.0452. The third-order valence-electron chi connectivity index (χ3n) is 2.53. The van der Waals surface area contributed by atoms with Gasteiger partial charge in [0.1, 0.15) is 0 Å². The smallest absolute Gasteiger partial charge is 0.240 e. The van der Waals surface area contributed by atoms with Crippen molar-refractivity contribution < 1.29 is 4.79 Å². The van der Waals surface area contributed by atoms with Crippen molar-refractivity contribution in [3.8, 4) is 0 Å². The highest BCUT2D eigenvalue weighted by atomic mass is 16.2. The van der Waals surface area contributed by atoms with Crippen LogP contribution in [0.5, 0.6) is 0 Å². The lowest BCUT2D eigenvalue weighted by atomic mass is 10.1. The van der Waals surface area contributed by atoms with E-state index in [9.17, 15) is 4.79 Å². The summed E-state index contributed by atoms with van der Waals surface area (Å²) in [5.41, 5.74) is 5.43. The van der Waals surface area contributed by atoms with E-state index in [0.29, 0.717) is 12.3 Å². The van der Waals surface area contributed by atoms with Crippen LogP contribution in [0.2, 0.25) is 0 Å². The minimum Gasteiger partial charge on any atom is -0.388 e.